The molecule has 3 N–H and O–H groups in total. The quantitative estimate of drug-likeness (QED) is 0.569. The minimum atomic E-state index is -0.644. The first-order valence-corrected chi connectivity index (χ1v) is 6.05. The van der Waals surface area contributed by atoms with Crippen LogP contribution < -0.4 is 11.1 Å². The Morgan fingerprint density at radius 3 is 2.59 bits per heavy atom. The average molecular weight is 245 g/mol. The standard InChI is InChI=1S/C12H27N3O2/c1-10(15(4)7-6-8-17-5)9-12(2,14-3)11(13)16/h10,14H,6-9H2,1-5H3,(H2,13,16). The molecule has 17 heavy (non-hydrogen) atoms. The van der Waals surface area contributed by atoms with Crippen molar-refractivity contribution in [3.05, 3.63) is 0 Å². The maximum Gasteiger partial charge on any atom is 0.237 e. The van der Waals surface area contributed by atoms with E-state index in [1.807, 2.05) is 6.92 Å². The van der Waals surface area contributed by atoms with Crippen molar-refractivity contribution in [1.82, 2.24) is 10.2 Å². The molecule has 5 heteroatoms. The van der Waals surface area contributed by atoms with E-state index in [4.69, 9.17) is 10.5 Å². The van der Waals surface area contributed by atoms with E-state index in [0.717, 1.165) is 19.6 Å². The van der Waals surface area contributed by atoms with E-state index in [-0.39, 0.29) is 11.9 Å². The van der Waals surface area contributed by atoms with Crippen LogP contribution in [0.2, 0.25) is 0 Å². The largest absolute Gasteiger partial charge is 0.385 e. The van der Waals surface area contributed by atoms with E-state index < -0.39 is 5.54 Å². The second kappa shape index (κ2) is 7.63. The number of hydrogen-bond donors (Lipinski definition) is 2. The van der Waals surface area contributed by atoms with Gasteiger partial charge in [0.05, 0.1) is 5.54 Å². The van der Waals surface area contributed by atoms with Crippen LogP contribution in [-0.4, -0.2) is 56.7 Å². The lowest BCUT2D eigenvalue weighted by Gasteiger charge is -2.33. The highest BCUT2D eigenvalue weighted by Gasteiger charge is 2.31. The van der Waals surface area contributed by atoms with Gasteiger partial charge in [-0.3, -0.25) is 4.79 Å². The second-order valence-electron chi connectivity index (χ2n) is 4.83. The minimum absolute atomic E-state index is 0.289. The average Bonchev–Trinajstić information content (AvgIpc) is 2.28. The summed E-state index contributed by atoms with van der Waals surface area (Å²) in [6.45, 7) is 5.66. The van der Waals surface area contributed by atoms with Crippen LogP contribution >= 0.6 is 0 Å². The van der Waals surface area contributed by atoms with Crippen LogP contribution in [0.3, 0.4) is 0 Å². The van der Waals surface area contributed by atoms with Crippen LogP contribution in [-0.2, 0) is 9.53 Å². The fraction of sp³-hybridized carbons (Fsp3) is 0.917. The molecule has 0 aliphatic carbocycles. The minimum Gasteiger partial charge on any atom is -0.385 e. The van der Waals surface area contributed by atoms with Crippen LogP contribution in [0.4, 0.5) is 0 Å². The Kier molecular flexibility index (Phi) is 7.34. The van der Waals surface area contributed by atoms with Crippen LogP contribution in [0.5, 0.6) is 0 Å². The highest BCUT2D eigenvalue weighted by atomic mass is 16.5. The molecule has 0 aromatic rings. The summed E-state index contributed by atoms with van der Waals surface area (Å²) in [5.74, 6) is -0.308. The fourth-order valence-electron chi connectivity index (χ4n) is 1.75. The Bertz CT molecular complexity index is 236. The normalized spacial score (nSPS) is 16.8. The van der Waals surface area contributed by atoms with Gasteiger partial charge in [-0.2, -0.15) is 0 Å². The maximum atomic E-state index is 11.4. The Morgan fingerprint density at radius 1 is 1.59 bits per heavy atom. The smallest absolute Gasteiger partial charge is 0.237 e. The highest BCUT2D eigenvalue weighted by molar-refractivity contribution is 5.84. The molecular formula is C12H27N3O2. The Balaban J connectivity index is 4.21. The molecule has 0 saturated heterocycles. The van der Waals surface area contributed by atoms with Gasteiger partial charge in [-0.05, 0) is 40.8 Å². The number of carbonyl (C=O) groups excluding carboxylic acids is 1. The molecule has 0 aliphatic rings. The summed E-state index contributed by atoms with van der Waals surface area (Å²) in [5, 5.41) is 3.01. The number of nitrogens with two attached hydrogens (primary N) is 1. The molecule has 2 unspecified atom stereocenters. The van der Waals surface area contributed by atoms with E-state index in [9.17, 15) is 4.79 Å². The van der Waals surface area contributed by atoms with Crippen molar-refractivity contribution in [3.8, 4) is 0 Å². The molecule has 2 atom stereocenters. The third-order valence-electron chi connectivity index (χ3n) is 3.41. The number of methoxy groups -OCH3 is 1. The zero-order valence-electron chi connectivity index (χ0n) is 11.7. The highest BCUT2D eigenvalue weighted by Crippen LogP contribution is 2.15. The fourth-order valence-corrected chi connectivity index (χ4v) is 1.75. The molecule has 0 fully saturated rings. The van der Waals surface area contributed by atoms with E-state index in [1.165, 1.54) is 0 Å². The number of nitrogens with zero attached hydrogens (tertiary/aromatic N) is 1. The van der Waals surface area contributed by atoms with Crippen molar-refractivity contribution in [2.75, 3.05) is 34.4 Å². The van der Waals surface area contributed by atoms with Crippen molar-refractivity contribution in [2.24, 2.45) is 5.73 Å². The first-order valence-electron chi connectivity index (χ1n) is 6.05. The van der Waals surface area contributed by atoms with Crippen LogP contribution in [0.25, 0.3) is 0 Å². The first kappa shape index (κ1) is 16.4. The van der Waals surface area contributed by atoms with E-state index in [2.05, 4.69) is 24.2 Å². The number of ether oxygens (including phenoxy) is 1. The summed E-state index contributed by atoms with van der Waals surface area (Å²) < 4.78 is 5.02. The third-order valence-corrected chi connectivity index (χ3v) is 3.41. The van der Waals surface area contributed by atoms with Crippen molar-refractivity contribution in [2.45, 2.75) is 38.3 Å². The van der Waals surface area contributed by atoms with Crippen LogP contribution in [0.1, 0.15) is 26.7 Å². The molecule has 102 valence electrons. The molecular weight excluding hydrogens is 218 g/mol. The van der Waals surface area contributed by atoms with Crippen molar-refractivity contribution in [1.29, 1.82) is 0 Å². The zero-order chi connectivity index (χ0) is 13.5. The summed E-state index contributed by atoms with van der Waals surface area (Å²) in [5.41, 5.74) is 4.77. The molecule has 0 rings (SSSR count). The summed E-state index contributed by atoms with van der Waals surface area (Å²) >= 11 is 0. The number of likely N-dealkylation sites (N-methyl/N-ethyl adjacent to an activating group) is 1. The lowest BCUT2D eigenvalue weighted by atomic mass is 9.92. The number of nitrogens with one attached hydrogen (secondary N) is 1. The van der Waals surface area contributed by atoms with Gasteiger partial charge in [-0.15, -0.1) is 0 Å². The monoisotopic (exact) mass is 245 g/mol. The molecule has 0 aliphatic heterocycles. The third kappa shape index (κ3) is 5.48. The lowest BCUT2D eigenvalue weighted by Crippen LogP contribution is -2.54. The SMILES string of the molecule is CNC(C)(CC(C)N(C)CCCOC)C(N)=O. The number of primary amides is 1. The molecule has 0 radical (unpaired) electrons. The van der Waals surface area contributed by atoms with Gasteiger partial charge >= 0.3 is 0 Å². The van der Waals surface area contributed by atoms with Gasteiger partial charge in [-0.1, -0.05) is 0 Å². The van der Waals surface area contributed by atoms with Gasteiger partial charge in [0.1, 0.15) is 0 Å². The summed E-state index contributed by atoms with van der Waals surface area (Å²) in [6, 6.07) is 0.289. The predicted molar refractivity (Wildman–Crippen MR) is 69.9 cm³/mol. The lowest BCUT2D eigenvalue weighted by molar-refractivity contribution is -0.124. The van der Waals surface area contributed by atoms with Crippen molar-refractivity contribution < 1.29 is 9.53 Å². The van der Waals surface area contributed by atoms with E-state index in [0.29, 0.717) is 6.42 Å². The van der Waals surface area contributed by atoms with Gasteiger partial charge in [0.25, 0.3) is 0 Å². The molecule has 5 nitrogen and oxygen atoms in total. The van der Waals surface area contributed by atoms with E-state index >= 15 is 0 Å². The Morgan fingerprint density at radius 2 is 2.18 bits per heavy atom. The molecule has 1 amide bonds. The number of rotatable bonds is 9. The number of amides is 1. The van der Waals surface area contributed by atoms with Crippen molar-refractivity contribution >= 4 is 5.91 Å². The second-order valence-corrected chi connectivity index (χ2v) is 4.83. The van der Waals surface area contributed by atoms with E-state index in [1.54, 1.807) is 14.2 Å². The predicted octanol–water partition coefficient (Wildman–Crippen LogP) is 0.197. The molecule has 0 heterocycles. The molecule has 0 bridgehead atoms. The Labute approximate surface area is 105 Å². The van der Waals surface area contributed by atoms with Gasteiger partial charge in [0, 0.05) is 26.3 Å². The molecule has 0 aromatic heterocycles. The van der Waals surface area contributed by atoms with Crippen molar-refractivity contribution in [3.63, 3.8) is 0 Å². The summed E-state index contributed by atoms with van der Waals surface area (Å²) in [4.78, 5) is 13.6. The molecule has 0 spiro atoms. The van der Waals surface area contributed by atoms with Gasteiger partial charge in [-0.25, -0.2) is 0 Å². The first-order chi connectivity index (χ1) is 7.87. The Hall–Kier alpha value is -0.650. The van der Waals surface area contributed by atoms with Crippen LogP contribution in [0, 0.1) is 0 Å². The van der Waals surface area contributed by atoms with Crippen LogP contribution in [0.15, 0.2) is 0 Å². The summed E-state index contributed by atoms with van der Waals surface area (Å²) in [7, 11) is 5.52. The molecule has 0 saturated carbocycles. The summed E-state index contributed by atoms with van der Waals surface area (Å²) in [6.07, 6.45) is 1.69. The number of hydrogen-bond acceptors (Lipinski definition) is 4. The topological polar surface area (TPSA) is 67.6 Å². The number of carbonyl (C=O) groups is 1. The molecule has 0 aromatic carbocycles. The van der Waals surface area contributed by atoms with Gasteiger partial charge in [0.15, 0.2) is 0 Å². The van der Waals surface area contributed by atoms with Gasteiger partial charge in [0.2, 0.25) is 5.91 Å². The zero-order valence-corrected chi connectivity index (χ0v) is 11.7. The maximum absolute atomic E-state index is 11.4. The van der Waals surface area contributed by atoms with Gasteiger partial charge < -0.3 is 20.7 Å².